The van der Waals surface area contributed by atoms with Crippen LogP contribution in [0.4, 0.5) is 0 Å². The summed E-state index contributed by atoms with van der Waals surface area (Å²) in [6.07, 6.45) is 5.13. The van der Waals surface area contributed by atoms with Crippen LogP contribution >= 0.6 is 15.9 Å². The molecule has 0 bridgehead atoms. The summed E-state index contributed by atoms with van der Waals surface area (Å²) in [7, 11) is 0. The van der Waals surface area contributed by atoms with Gasteiger partial charge in [-0.3, -0.25) is 4.79 Å². The van der Waals surface area contributed by atoms with Crippen molar-refractivity contribution in [2.75, 3.05) is 5.33 Å². The number of aryl methyl sites for hydroxylation is 2. The number of benzene rings is 1. The summed E-state index contributed by atoms with van der Waals surface area (Å²) in [6.45, 7) is 6.43. The highest BCUT2D eigenvalue weighted by Gasteiger charge is 2.35. The molecule has 2 nitrogen and oxygen atoms in total. The summed E-state index contributed by atoms with van der Waals surface area (Å²) in [5.41, 5.74) is 3.50. The van der Waals surface area contributed by atoms with Crippen molar-refractivity contribution >= 4 is 21.8 Å². The molecular weight excluding hydrogens is 326 g/mol. The average Bonchev–Trinajstić information content (AvgIpc) is 2.43. The van der Waals surface area contributed by atoms with Crippen LogP contribution in [0.2, 0.25) is 0 Å². The van der Waals surface area contributed by atoms with Gasteiger partial charge in [-0.05, 0) is 43.7 Å². The van der Waals surface area contributed by atoms with Crippen LogP contribution in [0.25, 0.3) is 0 Å². The second kappa shape index (κ2) is 6.95. The number of amides is 1. The van der Waals surface area contributed by atoms with E-state index < -0.39 is 0 Å². The van der Waals surface area contributed by atoms with Crippen LogP contribution in [-0.4, -0.2) is 16.8 Å². The Bertz CT molecular complexity index is 514. The molecule has 1 saturated carbocycles. The van der Waals surface area contributed by atoms with Gasteiger partial charge in [-0.25, -0.2) is 0 Å². The minimum Gasteiger partial charge on any atom is -0.350 e. The fourth-order valence-electron chi connectivity index (χ4n) is 3.43. The normalized spacial score (nSPS) is 25.6. The highest BCUT2D eigenvalue weighted by molar-refractivity contribution is 9.09. The van der Waals surface area contributed by atoms with E-state index in [4.69, 9.17) is 0 Å². The first-order valence-electron chi connectivity index (χ1n) is 7.87. The molecule has 1 amide bonds. The third-order valence-corrected chi connectivity index (χ3v) is 5.68. The lowest BCUT2D eigenvalue weighted by atomic mass is 9.77. The molecule has 116 valence electrons. The Hall–Kier alpha value is -0.830. The van der Waals surface area contributed by atoms with Gasteiger partial charge in [0.25, 0.3) is 0 Å². The van der Waals surface area contributed by atoms with Crippen LogP contribution in [0.3, 0.4) is 0 Å². The second-order valence-corrected chi connectivity index (χ2v) is 7.33. The smallest absolute Gasteiger partial charge is 0.224 e. The van der Waals surface area contributed by atoms with Gasteiger partial charge in [-0.1, -0.05) is 59.5 Å². The fraction of sp³-hybridized carbons (Fsp3) is 0.611. The van der Waals surface area contributed by atoms with Crippen molar-refractivity contribution in [1.29, 1.82) is 0 Å². The number of carbonyl (C=O) groups excluding carboxylic acids is 1. The molecule has 21 heavy (non-hydrogen) atoms. The predicted molar refractivity (Wildman–Crippen MR) is 91.9 cm³/mol. The summed E-state index contributed by atoms with van der Waals surface area (Å²) in [6, 6.07) is 6.32. The number of rotatable bonds is 4. The van der Waals surface area contributed by atoms with Crippen LogP contribution in [-0.2, 0) is 11.2 Å². The first kappa shape index (κ1) is 16.5. The molecule has 0 saturated heterocycles. The molecule has 3 heteroatoms. The average molecular weight is 352 g/mol. The molecule has 0 aromatic heterocycles. The molecule has 0 heterocycles. The van der Waals surface area contributed by atoms with E-state index in [1.165, 1.54) is 24.0 Å². The van der Waals surface area contributed by atoms with E-state index in [-0.39, 0.29) is 11.4 Å². The van der Waals surface area contributed by atoms with Gasteiger partial charge < -0.3 is 5.32 Å². The Kier molecular flexibility index (Phi) is 5.48. The van der Waals surface area contributed by atoms with E-state index in [2.05, 4.69) is 60.2 Å². The maximum Gasteiger partial charge on any atom is 0.224 e. The van der Waals surface area contributed by atoms with Gasteiger partial charge in [0.1, 0.15) is 0 Å². The van der Waals surface area contributed by atoms with Crippen LogP contribution in [0.1, 0.15) is 49.3 Å². The molecule has 1 aliphatic rings. The third-order valence-electron chi connectivity index (χ3n) is 4.61. The molecule has 2 rings (SSSR count). The van der Waals surface area contributed by atoms with Crippen molar-refractivity contribution in [3.63, 3.8) is 0 Å². The first-order chi connectivity index (χ1) is 9.94. The molecule has 1 aromatic carbocycles. The zero-order valence-corrected chi connectivity index (χ0v) is 14.9. The summed E-state index contributed by atoms with van der Waals surface area (Å²) >= 11 is 3.62. The third kappa shape index (κ3) is 4.32. The van der Waals surface area contributed by atoms with Crippen molar-refractivity contribution < 1.29 is 4.79 Å². The van der Waals surface area contributed by atoms with E-state index in [1.54, 1.807) is 0 Å². The van der Waals surface area contributed by atoms with E-state index in [9.17, 15) is 4.79 Å². The van der Waals surface area contributed by atoms with Crippen LogP contribution in [0.5, 0.6) is 0 Å². The molecule has 1 N–H and O–H groups in total. The number of nitrogens with one attached hydrogen (secondary N) is 1. The molecule has 0 radical (unpaired) electrons. The number of hydrogen-bond donors (Lipinski definition) is 1. The Morgan fingerprint density at radius 1 is 1.43 bits per heavy atom. The van der Waals surface area contributed by atoms with Gasteiger partial charge in [0, 0.05) is 10.9 Å². The Morgan fingerprint density at radius 2 is 2.19 bits per heavy atom. The largest absolute Gasteiger partial charge is 0.350 e. The maximum atomic E-state index is 12.5. The summed E-state index contributed by atoms with van der Waals surface area (Å²) in [5.74, 6) is 0.842. The predicted octanol–water partition coefficient (Wildman–Crippen LogP) is 4.31. The number of carbonyl (C=O) groups is 1. The van der Waals surface area contributed by atoms with Crippen molar-refractivity contribution in [3.05, 3.63) is 34.9 Å². The van der Waals surface area contributed by atoms with E-state index in [0.29, 0.717) is 12.3 Å². The Balaban J connectivity index is 2.04. The minimum absolute atomic E-state index is 0.0491. The Labute approximate surface area is 136 Å². The fourth-order valence-corrected chi connectivity index (χ4v) is 4.08. The van der Waals surface area contributed by atoms with Crippen molar-refractivity contribution in [1.82, 2.24) is 5.32 Å². The van der Waals surface area contributed by atoms with E-state index in [1.807, 2.05) is 0 Å². The van der Waals surface area contributed by atoms with E-state index in [0.717, 1.165) is 23.7 Å². The minimum atomic E-state index is -0.0491. The zero-order chi connectivity index (χ0) is 15.5. The summed E-state index contributed by atoms with van der Waals surface area (Å²) in [4.78, 5) is 12.5. The van der Waals surface area contributed by atoms with Gasteiger partial charge in [0.05, 0.1) is 6.42 Å². The maximum absolute atomic E-state index is 12.5. The number of halogens is 1. The second-order valence-electron chi connectivity index (χ2n) is 6.77. The molecule has 0 spiro atoms. The molecule has 1 aromatic rings. The standard InChI is InChI=1S/C18H26BrNO/c1-13-6-7-15(3)16(9-13)10-17(21)20-18(12-19)8-4-5-14(2)11-18/h6-7,9,14H,4-5,8,10-12H2,1-3H3,(H,20,21). The number of alkyl halides is 1. The molecule has 1 aliphatic carbocycles. The topological polar surface area (TPSA) is 29.1 Å². The molecule has 0 aliphatic heterocycles. The van der Waals surface area contributed by atoms with Crippen LogP contribution in [0.15, 0.2) is 18.2 Å². The molecular formula is C18H26BrNO. The van der Waals surface area contributed by atoms with Crippen molar-refractivity contribution in [2.24, 2.45) is 5.92 Å². The van der Waals surface area contributed by atoms with Gasteiger partial charge in [0.2, 0.25) is 5.91 Å². The Morgan fingerprint density at radius 3 is 2.86 bits per heavy atom. The van der Waals surface area contributed by atoms with Crippen molar-refractivity contribution in [2.45, 2.75) is 58.4 Å². The molecule has 2 atom stereocenters. The SMILES string of the molecule is Cc1ccc(C)c(CC(=O)NC2(CBr)CCCC(C)C2)c1. The number of hydrogen-bond acceptors (Lipinski definition) is 1. The van der Waals surface area contributed by atoms with Gasteiger partial charge in [-0.15, -0.1) is 0 Å². The summed E-state index contributed by atoms with van der Waals surface area (Å²) in [5, 5.41) is 4.17. The first-order valence-corrected chi connectivity index (χ1v) is 8.99. The monoisotopic (exact) mass is 351 g/mol. The summed E-state index contributed by atoms with van der Waals surface area (Å²) < 4.78 is 0. The zero-order valence-electron chi connectivity index (χ0n) is 13.3. The van der Waals surface area contributed by atoms with Crippen molar-refractivity contribution in [3.8, 4) is 0 Å². The van der Waals surface area contributed by atoms with Crippen LogP contribution < -0.4 is 5.32 Å². The highest BCUT2D eigenvalue weighted by Crippen LogP contribution is 2.33. The molecule has 2 unspecified atom stereocenters. The lowest BCUT2D eigenvalue weighted by molar-refractivity contribution is -0.122. The highest BCUT2D eigenvalue weighted by atomic mass is 79.9. The van der Waals surface area contributed by atoms with Gasteiger partial charge in [0.15, 0.2) is 0 Å². The van der Waals surface area contributed by atoms with Gasteiger partial charge in [-0.2, -0.15) is 0 Å². The quantitative estimate of drug-likeness (QED) is 0.804. The lowest BCUT2D eigenvalue weighted by Gasteiger charge is -2.39. The molecule has 1 fully saturated rings. The van der Waals surface area contributed by atoms with Gasteiger partial charge >= 0.3 is 0 Å². The van der Waals surface area contributed by atoms with Crippen LogP contribution in [0, 0.1) is 19.8 Å². The van der Waals surface area contributed by atoms with E-state index >= 15 is 0 Å². The lowest BCUT2D eigenvalue weighted by Crippen LogP contribution is -2.53.